The minimum Gasteiger partial charge on any atom is -0.307 e. The Morgan fingerprint density at radius 3 is 2.55 bits per heavy atom. The molecule has 1 heterocycles. The lowest BCUT2D eigenvalue weighted by Crippen LogP contribution is -2.37. The molecule has 2 aromatic rings. The number of hydrogen-bond acceptors (Lipinski definition) is 2. The smallest absolute Gasteiger partial charge is 0.307 e. The number of benzene rings is 1. The summed E-state index contributed by atoms with van der Waals surface area (Å²) in [6.45, 7) is 0. The summed E-state index contributed by atoms with van der Waals surface area (Å²) in [4.78, 5) is 18.4. The first-order chi connectivity index (χ1) is 9.74. The fourth-order valence-corrected chi connectivity index (χ4v) is 2.13. The molecule has 0 aliphatic heterocycles. The Hall–Kier alpha value is -2.07. The summed E-state index contributed by atoms with van der Waals surface area (Å²) >= 11 is 5.83. The van der Waals surface area contributed by atoms with E-state index in [4.69, 9.17) is 11.6 Å². The van der Waals surface area contributed by atoms with Gasteiger partial charge in [-0.05, 0) is 49.2 Å². The van der Waals surface area contributed by atoms with E-state index in [1.165, 1.54) is 0 Å². The molecular formula is C15H14ClN3O. The minimum absolute atomic E-state index is 0.159. The molecule has 0 unspecified atom stereocenters. The quantitative estimate of drug-likeness (QED) is 0.929. The van der Waals surface area contributed by atoms with Gasteiger partial charge in [0, 0.05) is 22.9 Å². The molecule has 1 aliphatic rings. The number of carbonyl (C=O) groups excluding carboxylic acids is 1. The van der Waals surface area contributed by atoms with Gasteiger partial charge in [-0.3, -0.25) is 4.90 Å². The Bertz CT molecular complexity index is 596. The topological polar surface area (TPSA) is 45.2 Å². The number of halogens is 1. The zero-order valence-electron chi connectivity index (χ0n) is 10.8. The van der Waals surface area contributed by atoms with Crippen molar-refractivity contribution in [1.29, 1.82) is 0 Å². The van der Waals surface area contributed by atoms with Crippen molar-refractivity contribution in [3.05, 3.63) is 53.7 Å². The van der Waals surface area contributed by atoms with Crippen molar-refractivity contribution in [2.24, 2.45) is 0 Å². The number of pyridine rings is 1. The highest BCUT2D eigenvalue weighted by molar-refractivity contribution is 6.30. The maximum Gasteiger partial charge on any atom is 0.327 e. The van der Waals surface area contributed by atoms with Crippen molar-refractivity contribution in [3.8, 4) is 0 Å². The molecule has 2 amide bonds. The first kappa shape index (κ1) is 12.9. The average molecular weight is 288 g/mol. The number of nitrogens with one attached hydrogen (secondary N) is 1. The molecule has 1 aromatic carbocycles. The number of rotatable bonds is 3. The summed E-state index contributed by atoms with van der Waals surface area (Å²) in [7, 11) is 0. The van der Waals surface area contributed by atoms with Crippen LogP contribution in [-0.2, 0) is 0 Å². The molecule has 20 heavy (non-hydrogen) atoms. The summed E-state index contributed by atoms with van der Waals surface area (Å²) in [5.74, 6) is 0.682. The zero-order valence-corrected chi connectivity index (χ0v) is 11.5. The fourth-order valence-electron chi connectivity index (χ4n) is 2.00. The number of amides is 2. The molecule has 1 N–H and O–H groups in total. The second-order valence-electron chi connectivity index (χ2n) is 4.73. The van der Waals surface area contributed by atoms with Gasteiger partial charge in [0.2, 0.25) is 0 Å². The highest BCUT2D eigenvalue weighted by atomic mass is 35.5. The molecule has 0 saturated heterocycles. The van der Waals surface area contributed by atoms with E-state index in [0.717, 1.165) is 18.5 Å². The summed E-state index contributed by atoms with van der Waals surface area (Å²) in [6, 6.07) is 12.7. The lowest BCUT2D eigenvalue weighted by molar-refractivity contribution is 0.256. The van der Waals surface area contributed by atoms with Crippen LogP contribution in [0.2, 0.25) is 5.02 Å². The molecule has 102 valence electrons. The third kappa shape index (κ3) is 2.91. The first-order valence-electron chi connectivity index (χ1n) is 6.51. The summed E-state index contributed by atoms with van der Waals surface area (Å²) < 4.78 is 0. The molecule has 4 nitrogen and oxygen atoms in total. The lowest BCUT2D eigenvalue weighted by atomic mass is 10.3. The van der Waals surface area contributed by atoms with Gasteiger partial charge in [0.25, 0.3) is 0 Å². The SMILES string of the molecule is O=C(Nc1ccc(Cl)cc1)N(c1ccccn1)C1CC1. The highest BCUT2D eigenvalue weighted by Gasteiger charge is 2.34. The van der Waals surface area contributed by atoms with Gasteiger partial charge in [0.1, 0.15) is 5.82 Å². The van der Waals surface area contributed by atoms with Crippen molar-refractivity contribution in [3.63, 3.8) is 0 Å². The van der Waals surface area contributed by atoms with Crippen LogP contribution < -0.4 is 10.2 Å². The molecule has 0 spiro atoms. The van der Waals surface area contributed by atoms with Crippen LogP contribution in [0.15, 0.2) is 48.7 Å². The van der Waals surface area contributed by atoms with Crippen LogP contribution >= 0.6 is 11.6 Å². The number of carbonyl (C=O) groups is 1. The van der Waals surface area contributed by atoms with Gasteiger partial charge in [-0.25, -0.2) is 9.78 Å². The second-order valence-corrected chi connectivity index (χ2v) is 5.16. The van der Waals surface area contributed by atoms with Crippen LogP contribution in [0, 0.1) is 0 Å². The number of aromatic nitrogens is 1. The van der Waals surface area contributed by atoms with Crippen LogP contribution in [-0.4, -0.2) is 17.1 Å². The Kier molecular flexibility index (Phi) is 3.56. The Morgan fingerprint density at radius 2 is 1.95 bits per heavy atom. The summed E-state index contributed by atoms with van der Waals surface area (Å²) in [5, 5.41) is 3.52. The predicted molar refractivity (Wildman–Crippen MR) is 80.2 cm³/mol. The van der Waals surface area contributed by atoms with Crippen molar-refractivity contribution in [1.82, 2.24) is 4.98 Å². The van der Waals surface area contributed by atoms with Crippen molar-refractivity contribution in [2.75, 3.05) is 10.2 Å². The van der Waals surface area contributed by atoms with Crippen LogP contribution in [0.25, 0.3) is 0 Å². The Balaban J connectivity index is 1.78. The van der Waals surface area contributed by atoms with Crippen LogP contribution in [0.4, 0.5) is 16.3 Å². The number of anilines is 2. The maximum absolute atomic E-state index is 12.4. The van der Waals surface area contributed by atoms with E-state index in [9.17, 15) is 4.79 Å². The molecule has 1 fully saturated rings. The Labute approximate surface area is 122 Å². The van der Waals surface area contributed by atoms with Gasteiger partial charge in [-0.2, -0.15) is 0 Å². The Morgan fingerprint density at radius 1 is 1.20 bits per heavy atom. The molecule has 0 bridgehead atoms. The summed E-state index contributed by atoms with van der Waals surface area (Å²) in [6.07, 6.45) is 3.73. The third-order valence-electron chi connectivity index (χ3n) is 3.12. The van der Waals surface area contributed by atoms with E-state index in [2.05, 4.69) is 10.3 Å². The van der Waals surface area contributed by atoms with Crippen LogP contribution in [0.1, 0.15) is 12.8 Å². The number of hydrogen-bond donors (Lipinski definition) is 1. The molecule has 3 rings (SSSR count). The lowest BCUT2D eigenvalue weighted by Gasteiger charge is -2.21. The normalized spacial score (nSPS) is 13.8. The number of urea groups is 1. The molecular weight excluding hydrogens is 274 g/mol. The number of nitrogens with zero attached hydrogens (tertiary/aromatic N) is 2. The first-order valence-corrected chi connectivity index (χ1v) is 6.88. The van der Waals surface area contributed by atoms with E-state index in [1.807, 2.05) is 18.2 Å². The van der Waals surface area contributed by atoms with Crippen molar-refractivity contribution >= 4 is 29.1 Å². The van der Waals surface area contributed by atoms with Crippen LogP contribution in [0.3, 0.4) is 0 Å². The highest BCUT2D eigenvalue weighted by Crippen LogP contribution is 2.31. The van der Waals surface area contributed by atoms with E-state index < -0.39 is 0 Å². The van der Waals surface area contributed by atoms with E-state index in [1.54, 1.807) is 35.4 Å². The molecule has 1 aliphatic carbocycles. The van der Waals surface area contributed by atoms with Gasteiger partial charge >= 0.3 is 6.03 Å². The maximum atomic E-state index is 12.4. The zero-order chi connectivity index (χ0) is 13.9. The van der Waals surface area contributed by atoms with Gasteiger partial charge in [-0.15, -0.1) is 0 Å². The predicted octanol–water partition coefficient (Wildman–Crippen LogP) is 3.94. The van der Waals surface area contributed by atoms with Gasteiger partial charge < -0.3 is 5.32 Å². The van der Waals surface area contributed by atoms with Crippen molar-refractivity contribution < 1.29 is 4.79 Å². The largest absolute Gasteiger partial charge is 0.327 e. The van der Waals surface area contributed by atoms with Gasteiger partial charge in [0.15, 0.2) is 0 Å². The molecule has 1 saturated carbocycles. The minimum atomic E-state index is -0.159. The molecule has 0 radical (unpaired) electrons. The second kappa shape index (κ2) is 5.51. The molecule has 0 atom stereocenters. The standard InChI is InChI=1S/C15H14ClN3O/c16-11-4-6-12(7-5-11)18-15(20)19(13-8-9-13)14-3-1-2-10-17-14/h1-7,10,13H,8-9H2,(H,18,20). The fraction of sp³-hybridized carbons (Fsp3) is 0.200. The third-order valence-corrected chi connectivity index (χ3v) is 3.37. The van der Waals surface area contributed by atoms with Crippen LogP contribution in [0.5, 0.6) is 0 Å². The molecule has 1 aromatic heterocycles. The average Bonchev–Trinajstić information content (AvgIpc) is 3.28. The van der Waals surface area contributed by atoms with Crippen molar-refractivity contribution in [2.45, 2.75) is 18.9 Å². The molecule has 5 heteroatoms. The monoisotopic (exact) mass is 287 g/mol. The van der Waals surface area contributed by atoms with Gasteiger partial charge in [0.05, 0.1) is 0 Å². The van der Waals surface area contributed by atoms with E-state index in [0.29, 0.717) is 10.8 Å². The summed E-state index contributed by atoms with van der Waals surface area (Å²) in [5.41, 5.74) is 0.723. The van der Waals surface area contributed by atoms with Gasteiger partial charge in [-0.1, -0.05) is 17.7 Å². The van der Waals surface area contributed by atoms with E-state index in [-0.39, 0.29) is 12.1 Å². The van der Waals surface area contributed by atoms with E-state index >= 15 is 0 Å².